The summed E-state index contributed by atoms with van der Waals surface area (Å²) in [4.78, 5) is 8.15. The summed E-state index contributed by atoms with van der Waals surface area (Å²) in [6, 6.07) is 0. The van der Waals surface area contributed by atoms with Gasteiger partial charge in [-0.1, -0.05) is 0 Å². The highest BCUT2D eigenvalue weighted by Gasteiger charge is 2.04. The summed E-state index contributed by atoms with van der Waals surface area (Å²) in [6.07, 6.45) is 3.59. The molecule has 2 rings (SSSR count). The van der Waals surface area contributed by atoms with E-state index in [-0.39, 0.29) is 0 Å². The molecule has 0 unspecified atom stereocenters. The molecule has 2 N–H and O–H groups in total. The van der Waals surface area contributed by atoms with Gasteiger partial charge in [-0.25, -0.2) is 4.98 Å². The lowest BCUT2D eigenvalue weighted by Crippen LogP contribution is -1.90. The molecule has 0 amide bonds. The number of aryl methyl sites for hydroxylation is 1. The van der Waals surface area contributed by atoms with E-state index in [1.54, 1.807) is 6.20 Å². The maximum absolute atomic E-state index is 5.62. The molecule has 4 nitrogen and oxygen atoms in total. The van der Waals surface area contributed by atoms with Gasteiger partial charge in [-0.05, 0) is 22.9 Å². The average molecular weight is 227 g/mol. The summed E-state index contributed by atoms with van der Waals surface area (Å²) in [6.45, 7) is 1.91. The van der Waals surface area contributed by atoms with Crippen LogP contribution in [0.5, 0.6) is 0 Å². The van der Waals surface area contributed by atoms with Gasteiger partial charge in [0.05, 0.1) is 10.2 Å². The van der Waals surface area contributed by atoms with Crippen molar-refractivity contribution in [3.05, 3.63) is 22.6 Å². The molecule has 0 saturated heterocycles. The van der Waals surface area contributed by atoms with Gasteiger partial charge in [0.2, 0.25) is 5.78 Å². The fourth-order valence-corrected chi connectivity index (χ4v) is 1.34. The number of halogens is 1. The van der Waals surface area contributed by atoms with Crippen molar-refractivity contribution >= 4 is 27.5 Å². The van der Waals surface area contributed by atoms with E-state index in [2.05, 4.69) is 25.9 Å². The van der Waals surface area contributed by atoms with Crippen LogP contribution in [0.3, 0.4) is 0 Å². The van der Waals surface area contributed by atoms with Crippen LogP contribution in [-0.4, -0.2) is 14.4 Å². The minimum atomic E-state index is 0.528. The van der Waals surface area contributed by atoms with Gasteiger partial charge in [0.15, 0.2) is 0 Å². The Morgan fingerprint density at radius 3 is 3.08 bits per heavy atom. The van der Waals surface area contributed by atoms with Gasteiger partial charge in [-0.15, -0.1) is 0 Å². The summed E-state index contributed by atoms with van der Waals surface area (Å²) >= 11 is 3.32. The van der Waals surface area contributed by atoms with Gasteiger partial charge in [0.1, 0.15) is 5.82 Å². The van der Waals surface area contributed by atoms with E-state index in [1.165, 1.54) is 0 Å². The van der Waals surface area contributed by atoms with E-state index in [1.807, 2.05) is 17.5 Å². The second kappa shape index (κ2) is 2.45. The Labute approximate surface area is 77.6 Å². The van der Waals surface area contributed by atoms with Crippen LogP contribution < -0.4 is 5.73 Å². The molecule has 12 heavy (non-hydrogen) atoms. The zero-order valence-electron chi connectivity index (χ0n) is 6.45. The van der Waals surface area contributed by atoms with E-state index < -0.39 is 0 Å². The number of nitrogens with two attached hydrogens (primary N) is 1. The van der Waals surface area contributed by atoms with Gasteiger partial charge in [-0.3, -0.25) is 4.40 Å². The highest BCUT2D eigenvalue weighted by molar-refractivity contribution is 9.10. The molecule has 0 bridgehead atoms. The number of anilines is 1. The SMILES string of the molecule is Cc1c(N)nc2ncc(Br)cn12. The van der Waals surface area contributed by atoms with Gasteiger partial charge >= 0.3 is 0 Å². The summed E-state index contributed by atoms with van der Waals surface area (Å²) in [5.74, 6) is 1.16. The second-order valence-corrected chi connectivity index (χ2v) is 3.44. The standard InChI is InChI=1S/C7H7BrN4/c1-4-6(9)11-7-10-2-5(8)3-12(4)7/h2-3H,9H2,1H3. The fraction of sp³-hybridized carbons (Fsp3) is 0.143. The van der Waals surface area contributed by atoms with E-state index in [4.69, 9.17) is 5.73 Å². The average Bonchev–Trinajstić information content (AvgIpc) is 2.31. The zero-order chi connectivity index (χ0) is 8.72. The summed E-state index contributed by atoms with van der Waals surface area (Å²) in [5, 5.41) is 0. The molecule has 2 aromatic rings. The first-order chi connectivity index (χ1) is 5.68. The van der Waals surface area contributed by atoms with Crippen molar-refractivity contribution in [3.63, 3.8) is 0 Å². The van der Waals surface area contributed by atoms with Gasteiger partial charge in [0.25, 0.3) is 0 Å². The predicted octanol–water partition coefficient (Wildman–Crippen LogP) is 1.38. The maximum atomic E-state index is 5.62. The lowest BCUT2D eigenvalue weighted by molar-refractivity contribution is 1.05. The number of hydrogen-bond acceptors (Lipinski definition) is 3. The van der Waals surface area contributed by atoms with Gasteiger partial charge in [0, 0.05) is 12.4 Å². The third-order valence-corrected chi connectivity index (χ3v) is 2.13. The highest BCUT2D eigenvalue weighted by Crippen LogP contribution is 2.14. The molecule has 0 atom stereocenters. The Morgan fingerprint density at radius 2 is 2.33 bits per heavy atom. The molecular formula is C7H7BrN4. The van der Waals surface area contributed by atoms with E-state index in [0.29, 0.717) is 11.6 Å². The van der Waals surface area contributed by atoms with Gasteiger partial charge in [-0.2, -0.15) is 4.98 Å². The third-order valence-electron chi connectivity index (χ3n) is 1.72. The molecule has 0 saturated carbocycles. The van der Waals surface area contributed by atoms with Crippen LogP contribution in [0.2, 0.25) is 0 Å². The third kappa shape index (κ3) is 0.972. The molecule has 0 aliphatic carbocycles. The smallest absolute Gasteiger partial charge is 0.236 e. The summed E-state index contributed by atoms with van der Waals surface area (Å²) in [7, 11) is 0. The van der Waals surface area contributed by atoms with Crippen molar-refractivity contribution in [3.8, 4) is 0 Å². The second-order valence-electron chi connectivity index (χ2n) is 2.52. The normalized spacial score (nSPS) is 10.8. The predicted molar refractivity (Wildman–Crippen MR) is 49.8 cm³/mol. The molecule has 2 aromatic heterocycles. The Balaban J connectivity index is 2.88. The van der Waals surface area contributed by atoms with E-state index >= 15 is 0 Å². The first-order valence-electron chi connectivity index (χ1n) is 3.44. The topological polar surface area (TPSA) is 56.2 Å². The Bertz CT molecular complexity index is 434. The molecule has 0 aliphatic heterocycles. The number of nitrogens with zero attached hydrogens (tertiary/aromatic N) is 3. The molecule has 0 aliphatic rings. The van der Waals surface area contributed by atoms with Crippen LogP contribution in [0.1, 0.15) is 5.69 Å². The van der Waals surface area contributed by atoms with Crippen molar-refractivity contribution < 1.29 is 0 Å². The number of rotatable bonds is 0. The Morgan fingerprint density at radius 1 is 1.58 bits per heavy atom. The Kier molecular flexibility index (Phi) is 1.54. The molecule has 0 spiro atoms. The molecule has 62 valence electrons. The lowest BCUT2D eigenvalue weighted by Gasteiger charge is -1.94. The minimum Gasteiger partial charge on any atom is -0.382 e. The van der Waals surface area contributed by atoms with Crippen molar-refractivity contribution in [2.75, 3.05) is 5.73 Å². The molecule has 0 aromatic carbocycles. The maximum Gasteiger partial charge on any atom is 0.236 e. The number of hydrogen-bond donors (Lipinski definition) is 1. The first kappa shape index (κ1) is 7.54. The summed E-state index contributed by atoms with van der Waals surface area (Å²) in [5.41, 5.74) is 6.53. The van der Waals surface area contributed by atoms with Gasteiger partial charge < -0.3 is 5.73 Å². The first-order valence-corrected chi connectivity index (χ1v) is 4.23. The van der Waals surface area contributed by atoms with Crippen molar-refractivity contribution in [1.82, 2.24) is 14.4 Å². The molecule has 0 fully saturated rings. The number of imidazole rings is 1. The number of aromatic nitrogens is 3. The molecule has 5 heteroatoms. The molecule has 0 radical (unpaired) electrons. The number of fused-ring (bicyclic) bond motifs is 1. The van der Waals surface area contributed by atoms with Crippen LogP contribution in [0.25, 0.3) is 5.78 Å². The largest absolute Gasteiger partial charge is 0.382 e. The Hall–Kier alpha value is -1.10. The van der Waals surface area contributed by atoms with Crippen LogP contribution in [0.4, 0.5) is 5.82 Å². The quantitative estimate of drug-likeness (QED) is 0.739. The van der Waals surface area contributed by atoms with Crippen LogP contribution in [0.15, 0.2) is 16.9 Å². The van der Waals surface area contributed by atoms with Crippen LogP contribution in [-0.2, 0) is 0 Å². The fourth-order valence-electron chi connectivity index (χ4n) is 1.04. The molecular weight excluding hydrogens is 220 g/mol. The summed E-state index contributed by atoms with van der Waals surface area (Å²) < 4.78 is 2.76. The van der Waals surface area contributed by atoms with E-state index in [9.17, 15) is 0 Å². The minimum absolute atomic E-state index is 0.528. The van der Waals surface area contributed by atoms with Crippen molar-refractivity contribution in [2.24, 2.45) is 0 Å². The monoisotopic (exact) mass is 226 g/mol. The lowest BCUT2D eigenvalue weighted by atomic mass is 10.5. The highest BCUT2D eigenvalue weighted by atomic mass is 79.9. The zero-order valence-corrected chi connectivity index (χ0v) is 8.04. The van der Waals surface area contributed by atoms with Crippen LogP contribution >= 0.6 is 15.9 Å². The van der Waals surface area contributed by atoms with E-state index in [0.717, 1.165) is 10.2 Å². The molecule has 2 heterocycles. The van der Waals surface area contributed by atoms with Crippen molar-refractivity contribution in [2.45, 2.75) is 6.92 Å². The van der Waals surface area contributed by atoms with Crippen LogP contribution in [0, 0.1) is 6.92 Å². The van der Waals surface area contributed by atoms with Crippen molar-refractivity contribution in [1.29, 1.82) is 0 Å². The number of nitrogen functional groups attached to an aromatic ring is 1.